The first-order chi connectivity index (χ1) is 7.39. The van der Waals surface area contributed by atoms with Gasteiger partial charge in [0.15, 0.2) is 0 Å². The average molecular weight is 216 g/mol. The fourth-order valence-electron chi connectivity index (χ4n) is 1.96. The van der Waals surface area contributed by atoms with Crippen LogP contribution in [0.5, 0.6) is 0 Å². The molecule has 0 aliphatic rings. The van der Waals surface area contributed by atoms with Gasteiger partial charge in [-0.3, -0.25) is 0 Å². The Kier molecular flexibility index (Phi) is 2.34. The molecule has 3 nitrogen and oxygen atoms in total. The van der Waals surface area contributed by atoms with Crippen molar-refractivity contribution in [3.8, 4) is 0 Å². The number of fused-ring (bicyclic) bond motifs is 1. The van der Waals surface area contributed by atoms with Gasteiger partial charge in [0.2, 0.25) is 0 Å². The van der Waals surface area contributed by atoms with Crippen LogP contribution in [0.2, 0.25) is 0 Å². The van der Waals surface area contributed by atoms with Gasteiger partial charge in [-0.05, 0) is 17.9 Å². The van der Waals surface area contributed by atoms with Gasteiger partial charge >= 0.3 is 5.69 Å². The number of aromatic nitrogens is 2. The highest BCUT2D eigenvalue weighted by Crippen LogP contribution is 2.28. The predicted molar refractivity (Wildman–Crippen MR) is 65.8 cm³/mol. The molecule has 2 aromatic rings. The smallest absolute Gasteiger partial charge is 0.305 e. The third-order valence-corrected chi connectivity index (χ3v) is 2.76. The minimum Gasteiger partial charge on any atom is -0.305 e. The predicted octanol–water partition coefficient (Wildman–Crippen LogP) is 2.53. The van der Waals surface area contributed by atoms with Crippen molar-refractivity contribution < 1.29 is 0 Å². The minimum atomic E-state index is -0.276. The molecule has 0 spiro atoms. The van der Waals surface area contributed by atoms with Crippen LogP contribution in [0.4, 0.5) is 0 Å². The molecule has 0 radical (unpaired) electrons. The zero-order valence-electron chi connectivity index (χ0n) is 10.1. The number of rotatable bonds is 0. The second kappa shape index (κ2) is 3.44. The van der Waals surface area contributed by atoms with Gasteiger partial charge in [0.25, 0.3) is 0 Å². The normalized spacial score (nSPS) is 12.0. The Hall–Kier alpha value is -1.64. The molecule has 1 heterocycles. The first-order valence-corrected chi connectivity index (χ1v) is 5.40. The largest absolute Gasteiger partial charge is 0.345 e. The molecular weight excluding hydrogens is 200 g/mol. The number of benzene rings is 1. The molecule has 2 rings (SSSR count). The van der Waals surface area contributed by atoms with E-state index in [2.05, 4.69) is 36.8 Å². The number of nitrogens with zero attached hydrogens (tertiary/aromatic N) is 1. The molecule has 0 fully saturated rings. The van der Waals surface area contributed by atoms with Gasteiger partial charge in [0, 0.05) is 5.39 Å². The SMILES string of the molecule is Cc1nc(=O)[nH]c2c(C(C)(C)C)cccc12. The Morgan fingerprint density at radius 1 is 1.25 bits per heavy atom. The fraction of sp³-hybridized carbons (Fsp3) is 0.385. The molecule has 1 aromatic carbocycles. The van der Waals surface area contributed by atoms with E-state index >= 15 is 0 Å². The molecule has 84 valence electrons. The summed E-state index contributed by atoms with van der Waals surface area (Å²) >= 11 is 0. The maximum Gasteiger partial charge on any atom is 0.345 e. The van der Waals surface area contributed by atoms with Crippen molar-refractivity contribution in [2.75, 3.05) is 0 Å². The van der Waals surface area contributed by atoms with Gasteiger partial charge in [-0.15, -0.1) is 0 Å². The van der Waals surface area contributed by atoms with Crippen molar-refractivity contribution >= 4 is 10.9 Å². The van der Waals surface area contributed by atoms with Gasteiger partial charge in [0.05, 0.1) is 11.2 Å². The molecule has 0 saturated carbocycles. The summed E-state index contributed by atoms with van der Waals surface area (Å²) < 4.78 is 0. The van der Waals surface area contributed by atoms with Crippen LogP contribution in [0.25, 0.3) is 10.9 Å². The first-order valence-electron chi connectivity index (χ1n) is 5.40. The summed E-state index contributed by atoms with van der Waals surface area (Å²) in [6.45, 7) is 8.27. The van der Waals surface area contributed by atoms with Crippen molar-refractivity contribution in [1.29, 1.82) is 0 Å². The quantitative estimate of drug-likeness (QED) is 0.735. The number of aromatic amines is 1. The van der Waals surface area contributed by atoms with Crippen LogP contribution >= 0.6 is 0 Å². The maximum atomic E-state index is 11.4. The highest BCUT2D eigenvalue weighted by atomic mass is 16.1. The Labute approximate surface area is 94.5 Å². The highest BCUT2D eigenvalue weighted by molar-refractivity contribution is 5.84. The number of hydrogen-bond acceptors (Lipinski definition) is 2. The topological polar surface area (TPSA) is 45.8 Å². The Bertz CT molecular complexity index is 591. The maximum absolute atomic E-state index is 11.4. The lowest BCUT2D eigenvalue weighted by atomic mass is 9.85. The second-order valence-electron chi connectivity index (χ2n) is 5.11. The van der Waals surface area contributed by atoms with Gasteiger partial charge < -0.3 is 4.98 Å². The molecule has 0 unspecified atom stereocenters. The van der Waals surface area contributed by atoms with Crippen molar-refractivity contribution in [2.24, 2.45) is 0 Å². The molecule has 0 aliphatic carbocycles. The van der Waals surface area contributed by atoms with Gasteiger partial charge in [-0.2, -0.15) is 4.98 Å². The number of para-hydroxylation sites is 1. The van der Waals surface area contributed by atoms with Crippen LogP contribution in [0.1, 0.15) is 32.0 Å². The standard InChI is InChI=1S/C13H16N2O/c1-8-9-6-5-7-10(13(2,3)4)11(9)15-12(16)14-8/h5-7H,1-4H3,(H,14,15,16). The lowest BCUT2D eigenvalue weighted by molar-refractivity contribution is 0.594. The third-order valence-electron chi connectivity index (χ3n) is 2.76. The molecule has 16 heavy (non-hydrogen) atoms. The highest BCUT2D eigenvalue weighted by Gasteiger charge is 2.17. The van der Waals surface area contributed by atoms with E-state index < -0.39 is 0 Å². The number of aryl methyl sites for hydroxylation is 1. The van der Waals surface area contributed by atoms with E-state index in [0.29, 0.717) is 0 Å². The lowest BCUT2D eigenvalue weighted by Gasteiger charge is -2.21. The Morgan fingerprint density at radius 2 is 1.94 bits per heavy atom. The van der Waals surface area contributed by atoms with Crippen LogP contribution in [0, 0.1) is 6.92 Å². The van der Waals surface area contributed by atoms with E-state index in [-0.39, 0.29) is 11.1 Å². The summed E-state index contributed by atoms with van der Waals surface area (Å²) in [4.78, 5) is 18.2. The van der Waals surface area contributed by atoms with Crippen molar-refractivity contribution in [1.82, 2.24) is 9.97 Å². The summed E-state index contributed by atoms with van der Waals surface area (Å²) in [7, 11) is 0. The fourth-order valence-corrected chi connectivity index (χ4v) is 1.96. The van der Waals surface area contributed by atoms with Crippen LogP contribution < -0.4 is 5.69 Å². The average Bonchev–Trinajstić information content (AvgIpc) is 2.15. The van der Waals surface area contributed by atoms with Crippen LogP contribution in [-0.4, -0.2) is 9.97 Å². The zero-order valence-corrected chi connectivity index (χ0v) is 10.1. The van der Waals surface area contributed by atoms with Gasteiger partial charge in [0.1, 0.15) is 0 Å². The summed E-state index contributed by atoms with van der Waals surface area (Å²) in [5.41, 5.74) is 2.57. The summed E-state index contributed by atoms with van der Waals surface area (Å²) in [6, 6.07) is 6.05. The van der Waals surface area contributed by atoms with E-state index in [1.54, 1.807) is 0 Å². The van der Waals surface area contributed by atoms with Gasteiger partial charge in [-0.25, -0.2) is 4.79 Å². The van der Waals surface area contributed by atoms with E-state index in [0.717, 1.165) is 22.2 Å². The van der Waals surface area contributed by atoms with Crippen LogP contribution in [-0.2, 0) is 5.41 Å². The Balaban J connectivity index is 2.93. The van der Waals surface area contributed by atoms with E-state index in [9.17, 15) is 4.79 Å². The van der Waals surface area contributed by atoms with Gasteiger partial charge in [-0.1, -0.05) is 39.0 Å². The van der Waals surface area contributed by atoms with E-state index in [1.165, 1.54) is 0 Å². The monoisotopic (exact) mass is 216 g/mol. The van der Waals surface area contributed by atoms with E-state index in [4.69, 9.17) is 0 Å². The second-order valence-corrected chi connectivity index (χ2v) is 5.11. The molecular formula is C13H16N2O. The minimum absolute atomic E-state index is 0.0102. The summed E-state index contributed by atoms with van der Waals surface area (Å²) in [6.07, 6.45) is 0. The van der Waals surface area contributed by atoms with Crippen molar-refractivity contribution in [2.45, 2.75) is 33.1 Å². The lowest BCUT2D eigenvalue weighted by Crippen LogP contribution is -2.17. The molecule has 1 aromatic heterocycles. The third kappa shape index (κ3) is 1.73. The van der Waals surface area contributed by atoms with Crippen LogP contribution in [0.3, 0.4) is 0 Å². The van der Waals surface area contributed by atoms with Crippen molar-refractivity contribution in [3.05, 3.63) is 39.9 Å². The molecule has 1 N–H and O–H groups in total. The van der Waals surface area contributed by atoms with Crippen LogP contribution in [0.15, 0.2) is 23.0 Å². The molecule has 0 amide bonds. The summed E-state index contributed by atoms with van der Waals surface area (Å²) in [5, 5.41) is 1.02. The van der Waals surface area contributed by atoms with E-state index in [1.807, 2.05) is 19.1 Å². The summed E-state index contributed by atoms with van der Waals surface area (Å²) in [5.74, 6) is 0. The Morgan fingerprint density at radius 3 is 2.56 bits per heavy atom. The zero-order chi connectivity index (χ0) is 11.9. The molecule has 0 saturated heterocycles. The number of hydrogen-bond donors (Lipinski definition) is 1. The van der Waals surface area contributed by atoms with Crippen molar-refractivity contribution in [3.63, 3.8) is 0 Å². The molecule has 3 heteroatoms. The first kappa shape index (κ1) is 10.9. The molecule has 0 bridgehead atoms. The molecule has 0 atom stereocenters. The number of nitrogens with one attached hydrogen (secondary N) is 1. The molecule has 0 aliphatic heterocycles. The number of H-pyrrole nitrogens is 1.